The molecule has 0 aliphatic heterocycles. The van der Waals surface area contributed by atoms with E-state index in [9.17, 15) is 0 Å². The van der Waals surface area contributed by atoms with Gasteiger partial charge in [-0.2, -0.15) is 0 Å². The van der Waals surface area contributed by atoms with Crippen LogP contribution in [0.3, 0.4) is 0 Å². The minimum absolute atomic E-state index is 0.601. The van der Waals surface area contributed by atoms with Gasteiger partial charge in [0.15, 0.2) is 0 Å². The summed E-state index contributed by atoms with van der Waals surface area (Å²) in [6.45, 7) is 6.68. The molecule has 0 unspecified atom stereocenters. The van der Waals surface area contributed by atoms with E-state index in [2.05, 4.69) is 65.4 Å². The van der Waals surface area contributed by atoms with Gasteiger partial charge in [-0.1, -0.05) is 47.1 Å². The van der Waals surface area contributed by atoms with Crippen molar-refractivity contribution in [1.29, 1.82) is 0 Å². The first kappa shape index (κ1) is 15.1. The molecule has 2 aromatic rings. The Morgan fingerprint density at radius 1 is 1.05 bits per heavy atom. The molecule has 0 spiro atoms. The van der Waals surface area contributed by atoms with E-state index in [-0.39, 0.29) is 0 Å². The standard InChI is InChI=1S/C17H20BrNO/c1-3-19-11-14-4-6-15(7-5-14)12-20-17-9-8-16(18)10-13(17)2/h4-10,19H,3,11-12H2,1-2H3. The molecule has 0 bridgehead atoms. The lowest BCUT2D eigenvalue weighted by molar-refractivity contribution is 0.304. The monoisotopic (exact) mass is 333 g/mol. The highest BCUT2D eigenvalue weighted by Crippen LogP contribution is 2.23. The van der Waals surface area contributed by atoms with Gasteiger partial charge in [0.2, 0.25) is 0 Å². The zero-order valence-corrected chi connectivity index (χ0v) is 13.5. The van der Waals surface area contributed by atoms with E-state index in [4.69, 9.17) is 4.74 Å². The minimum atomic E-state index is 0.601. The number of halogens is 1. The lowest BCUT2D eigenvalue weighted by Gasteiger charge is -2.10. The smallest absolute Gasteiger partial charge is 0.122 e. The molecule has 0 aliphatic carbocycles. The molecule has 106 valence electrons. The summed E-state index contributed by atoms with van der Waals surface area (Å²) in [5.74, 6) is 0.935. The summed E-state index contributed by atoms with van der Waals surface area (Å²) in [6, 6.07) is 14.6. The van der Waals surface area contributed by atoms with E-state index in [0.29, 0.717) is 6.61 Å². The third kappa shape index (κ3) is 4.36. The fourth-order valence-corrected chi connectivity index (χ4v) is 2.43. The molecule has 0 heterocycles. The molecule has 0 saturated carbocycles. The predicted octanol–water partition coefficient (Wildman–Crippen LogP) is 4.45. The zero-order chi connectivity index (χ0) is 14.4. The van der Waals surface area contributed by atoms with Crippen LogP contribution in [0, 0.1) is 6.92 Å². The Bertz CT molecular complexity index is 551. The first-order valence-corrected chi connectivity index (χ1v) is 7.66. The number of ether oxygens (including phenoxy) is 1. The number of aryl methyl sites for hydroxylation is 1. The maximum atomic E-state index is 5.86. The third-order valence-electron chi connectivity index (χ3n) is 3.13. The van der Waals surface area contributed by atoms with E-state index >= 15 is 0 Å². The van der Waals surface area contributed by atoms with Crippen LogP contribution >= 0.6 is 15.9 Å². The van der Waals surface area contributed by atoms with E-state index in [1.54, 1.807) is 0 Å². The summed E-state index contributed by atoms with van der Waals surface area (Å²) in [6.07, 6.45) is 0. The van der Waals surface area contributed by atoms with Gasteiger partial charge in [-0.25, -0.2) is 0 Å². The van der Waals surface area contributed by atoms with E-state index in [1.165, 1.54) is 11.1 Å². The van der Waals surface area contributed by atoms with E-state index < -0.39 is 0 Å². The molecule has 1 N–H and O–H groups in total. The molecule has 0 aliphatic rings. The van der Waals surface area contributed by atoms with Gasteiger partial charge in [0.25, 0.3) is 0 Å². The highest BCUT2D eigenvalue weighted by molar-refractivity contribution is 9.10. The maximum Gasteiger partial charge on any atom is 0.122 e. The Morgan fingerprint density at radius 3 is 2.40 bits per heavy atom. The van der Waals surface area contributed by atoms with Crippen LogP contribution in [0.5, 0.6) is 5.75 Å². The summed E-state index contributed by atoms with van der Waals surface area (Å²) in [5, 5.41) is 3.32. The molecule has 0 radical (unpaired) electrons. The fraction of sp³-hybridized carbons (Fsp3) is 0.294. The van der Waals surface area contributed by atoms with Gasteiger partial charge >= 0.3 is 0 Å². The van der Waals surface area contributed by atoms with Crippen LogP contribution in [0.2, 0.25) is 0 Å². The summed E-state index contributed by atoms with van der Waals surface area (Å²) in [7, 11) is 0. The maximum absolute atomic E-state index is 5.86. The predicted molar refractivity (Wildman–Crippen MR) is 87.0 cm³/mol. The van der Waals surface area contributed by atoms with Crippen LogP contribution in [-0.4, -0.2) is 6.54 Å². The second-order valence-electron chi connectivity index (χ2n) is 4.80. The second kappa shape index (κ2) is 7.46. The third-order valence-corrected chi connectivity index (χ3v) is 3.63. The first-order valence-electron chi connectivity index (χ1n) is 6.86. The minimum Gasteiger partial charge on any atom is -0.489 e. The van der Waals surface area contributed by atoms with Crippen molar-refractivity contribution in [2.75, 3.05) is 6.54 Å². The lowest BCUT2D eigenvalue weighted by Crippen LogP contribution is -2.11. The molecule has 20 heavy (non-hydrogen) atoms. The molecular weight excluding hydrogens is 314 g/mol. The van der Waals surface area contributed by atoms with Crippen molar-refractivity contribution >= 4 is 15.9 Å². The van der Waals surface area contributed by atoms with Crippen molar-refractivity contribution < 1.29 is 4.74 Å². The summed E-state index contributed by atoms with van der Waals surface area (Å²) in [4.78, 5) is 0. The Kier molecular flexibility index (Phi) is 5.62. The van der Waals surface area contributed by atoms with Crippen LogP contribution in [0.4, 0.5) is 0 Å². The van der Waals surface area contributed by atoms with Crippen LogP contribution < -0.4 is 10.1 Å². The topological polar surface area (TPSA) is 21.3 Å². The van der Waals surface area contributed by atoms with Crippen molar-refractivity contribution in [3.8, 4) is 5.75 Å². The number of nitrogens with one attached hydrogen (secondary N) is 1. The normalized spacial score (nSPS) is 10.6. The molecule has 0 amide bonds. The number of hydrogen-bond acceptors (Lipinski definition) is 2. The van der Waals surface area contributed by atoms with Crippen molar-refractivity contribution in [2.24, 2.45) is 0 Å². The lowest BCUT2D eigenvalue weighted by atomic mass is 10.1. The summed E-state index contributed by atoms with van der Waals surface area (Å²) >= 11 is 3.46. The molecule has 0 atom stereocenters. The molecule has 0 fully saturated rings. The van der Waals surface area contributed by atoms with Crippen LogP contribution in [0.25, 0.3) is 0 Å². The Balaban J connectivity index is 1.93. The number of rotatable bonds is 6. The van der Waals surface area contributed by atoms with Crippen molar-refractivity contribution in [3.63, 3.8) is 0 Å². The van der Waals surface area contributed by atoms with Crippen LogP contribution in [0.15, 0.2) is 46.9 Å². The first-order chi connectivity index (χ1) is 9.69. The van der Waals surface area contributed by atoms with Crippen molar-refractivity contribution in [2.45, 2.75) is 27.0 Å². The van der Waals surface area contributed by atoms with Gasteiger partial charge in [-0.05, 0) is 48.4 Å². The highest BCUT2D eigenvalue weighted by Gasteiger charge is 2.01. The molecule has 2 nitrogen and oxygen atoms in total. The SMILES string of the molecule is CCNCc1ccc(COc2ccc(Br)cc2C)cc1. The van der Waals surface area contributed by atoms with Gasteiger partial charge in [-0.3, -0.25) is 0 Å². The van der Waals surface area contributed by atoms with Gasteiger partial charge in [-0.15, -0.1) is 0 Å². The molecule has 0 saturated heterocycles. The highest BCUT2D eigenvalue weighted by atomic mass is 79.9. The molecular formula is C17H20BrNO. The molecule has 0 aromatic heterocycles. The van der Waals surface area contributed by atoms with E-state index in [0.717, 1.165) is 28.9 Å². The Hall–Kier alpha value is -1.32. The summed E-state index contributed by atoms with van der Waals surface area (Å²) < 4.78 is 6.94. The number of benzene rings is 2. The average molecular weight is 334 g/mol. The second-order valence-corrected chi connectivity index (χ2v) is 5.71. The molecule has 2 aromatic carbocycles. The number of hydrogen-bond donors (Lipinski definition) is 1. The van der Waals surface area contributed by atoms with E-state index in [1.807, 2.05) is 12.1 Å². The Labute approximate surface area is 129 Å². The van der Waals surface area contributed by atoms with Gasteiger partial charge in [0.1, 0.15) is 12.4 Å². The fourth-order valence-electron chi connectivity index (χ4n) is 1.96. The van der Waals surface area contributed by atoms with Crippen LogP contribution in [-0.2, 0) is 13.2 Å². The van der Waals surface area contributed by atoms with Gasteiger partial charge in [0, 0.05) is 11.0 Å². The van der Waals surface area contributed by atoms with Gasteiger partial charge in [0.05, 0.1) is 0 Å². The van der Waals surface area contributed by atoms with Gasteiger partial charge < -0.3 is 10.1 Å². The largest absolute Gasteiger partial charge is 0.489 e. The Morgan fingerprint density at radius 2 is 1.75 bits per heavy atom. The average Bonchev–Trinajstić information content (AvgIpc) is 2.45. The summed E-state index contributed by atoms with van der Waals surface area (Å²) in [5.41, 5.74) is 3.63. The van der Waals surface area contributed by atoms with Crippen molar-refractivity contribution in [3.05, 3.63) is 63.6 Å². The quantitative estimate of drug-likeness (QED) is 0.843. The van der Waals surface area contributed by atoms with Crippen molar-refractivity contribution in [1.82, 2.24) is 5.32 Å². The molecule has 3 heteroatoms. The molecule has 2 rings (SSSR count). The zero-order valence-electron chi connectivity index (χ0n) is 11.9. The van der Waals surface area contributed by atoms with Crippen LogP contribution in [0.1, 0.15) is 23.6 Å².